The standard InChI is InChI=1S/C28H36O2/c1-4-5-7-12-22-18-25(29)27-23-17-21(14-13-20-10-8-6-9-11-20)15-16-24(23)28(2,3)30-26(27)19-22/h6,8-11,15,18-19,23-24,29H,4-5,7,12-14,16-17H2,1-3H3/t23?,24-/m1/s1. The Labute approximate surface area is 182 Å². The molecule has 1 aliphatic heterocycles. The Morgan fingerprint density at radius 1 is 1.00 bits per heavy atom. The maximum absolute atomic E-state index is 11.0. The second-order valence-corrected chi connectivity index (χ2v) is 9.69. The van der Waals surface area contributed by atoms with Gasteiger partial charge in [0.2, 0.25) is 0 Å². The van der Waals surface area contributed by atoms with Crippen LogP contribution in [-0.4, -0.2) is 10.7 Å². The van der Waals surface area contributed by atoms with E-state index in [4.69, 9.17) is 4.74 Å². The molecule has 2 aliphatic rings. The minimum atomic E-state index is -0.215. The van der Waals surface area contributed by atoms with E-state index in [-0.39, 0.29) is 5.60 Å². The summed E-state index contributed by atoms with van der Waals surface area (Å²) in [5.74, 6) is 2.09. The molecule has 1 N–H and O–H groups in total. The molecule has 2 aromatic carbocycles. The van der Waals surface area contributed by atoms with Crippen molar-refractivity contribution in [2.24, 2.45) is 5.92 Å². The molecule has 0 saturated carbocycles. The fourth-order valence-corrected chi connectivity index (χ4v) is 5.40. The van der Waals surface area contributed by atoms with Gasteiger partial charge in [-0.1, -0.05) is 61.7 Å². The maximum Gasteiger partial charge on any atom is 0.127 e. The van der Waals surface area contributed by atoms with Crippen LogP contribution in [0.15, 0.2) is 54.1 Å². The fraction of sp³-hybridized carbons (Fsp3) is 0.500. The van der Waals surface area contributed by atoms with E-state index in [2.05, 4.69) is 63.2 Å². The molecule has 0 aromatic heterocycles. The van der Waals surface area contributed by atoms with Crippen LogP contribution in [-0.2, 0) is 12.8 Å². The molecule has 2 nitrogen and oxygen atoms in total. The normalized spacial score (nSPS) is 21.9. The summed E-state index contributed by atoms with van der Waals surface area (Å²) in [7, 11) is 0. The predicted molar refractivity (Wildman–Crippen MR) is 124 cm³/mol. The number of ether oxygens (including phenoxy) is 1. The van der Waals surface area contributed by atoms with Crippen LogP contribution in [0.25, 0.3) is 0 Å². The van der Waals surface area contributed by atoms with Crippen molar-refractivity contribution in [3.8, 4) is 11.5 Å². The lowest BCUT2D eigenvalue weighted by Crippen LogP contribution is -2.45. The summed E-state index contributed by atoms with van der Waals surface area (Å²) >= 11 is 0. The SMILES string of the molecule is CCCCCc1cc(O)c2c(c1)OC(C)(C)[C@@H]1CC=C(CCc3ccccc3)CC21. The van der Waals surface area contributed by atoms with Crippen LogP contribution in [0.5, 0.6) is 11.5 Å². The lowest BCUT2D eigenvalue weighted by molar-refractivity contribution is 0.00727. The Bertz CT molecular complexity index is 894. The molecule has 0 amide bonds. The molecule has 2 atom stereocenters. The molecular weight excluding hydrogens is 368 g/mol. The van der Waals surface area contributed by atoms with Gasteiger partial charge in [0.15, 0.2) is 0 Å². The van der Waals surface area contributed by atoms with Crippen molar-refractivity contribution in [3.05, 3.63) is 70.8 Å². The molecule has 0 bridgehead atoms. The second-order valence-electron chi connectivity index (χ2n) is 9.69. The minimum absolute atomic E-state index is 0.215. The lowest BCUT2D eigenvalue weighted by atomic mass is 9.66. The molecule has 4 rings (SSSR count). The topological polar surface area (TPSA) is 29.5 Å². The quantitative estimate of drug-likeness (QED) is 0.386. The van der Waals surface area contributed by atoms with Gasteiger partial charge in [-0.15, -0.1) is 0 Å². The molecular formula is C28H36O2. The minimum Gasteiger partial charge on any atom is -0.508 e. The number of allylic oxidation sites excluding steroid dienone is 2. The van der Waals surface area contributed by atoms with Crippen molar-refractivity contribution < 1.29 is 9.84 Å². The summed E-state index contributed by atoms with van der Waals surface area (Å²) in [6.07, 6.45) is 11.3. The van der Waals surface area contributed by atoms with E-state index >= 15 is 0 Å². The van der Waals surface area contributed by atoms with Crippen LogP contribution in [0.2, 0.25) is 0 Å². The summed E-state index contributed by atoms with van der Waals surface area (Å²) in [5, 5.41) is 11.0. The van der Waals surface area contributed by atoms with Gasteiger partial charge in [-0.2, -0.15) is 0 Å². The van der Waals surface area contributed by atoms with Crippen molar-refractivity contribution in [2.45, 2.75) is 83.7 Å². The van der Waals surface area contributed by atoms with Crippen LogP contribution in [0, 0.1) is 5.92 Å². The summed E-state index contributed by atoms with van der Waals surface area (Å²) in [6.45, 7) is 6.66. The Kier molecular flexibility index (Phi) is 6.22. The van der Waals surface area contributed by atoms with Gasteiger partial charge in [-0.3, -0.25) is 0 Å². The van der Waals surface area contributed by atoms with Crippen molar-refractivity contribution in [1.82, 2.24) is 0 Å². The number of aryl methyl sites for hydroxylation is 2. The van der Waals surface area contributed by atoms with Crippen LogP contribution in [0.3, 0.4) is 0 Å². The Morgan fingerprint density at radius 3 is 2.57 bits per heavy atom. The van der Waals surface area contributed by atoms with Crippen molar-refractivity contribution in [1.29, 1.82) is 0 Å². The van der Waals surface area contributed by atoms with E-state index in [9.17, 15) is 5.11 Å². The number of aromatic hydroxyl groups is 1. The molecule has 160 valence electrons. The van der Waals surface area contributed by atoms with Gasteiger partial charge >= 0.3 is 0 Å². The molecule has 0 spiro atoms. The fourth-order valence-electron chi connectivity index (χ4n) is 5.40. The Balaban J connectivity index is 1.56. The van der Waals surface area contributed by atoms with E-state index < -0.39 is 0 Å². The zero-order chi connectivity index (χ0) is 21.1. The van der Waals surface area contributed by atoms with Crippen LogP contribution in [0.1, 0.15) is 81.9 Å². The van der Waals surface area contributed by atoms with Gasteiger partial charge < -0.3 is 9.84 Å². The van der Waals surface area contributed by atoms with Gasteiger partial charge in [0.25, 0.3) is 0 Å². The number of phenols is 1. The lowest BCUT2D eigenvalue weighted by Gasteiger charge is -2.47. The molecule has 0 radical (unpaired) electrons. The number of rotatable bonds is 7. The monoisotopic (exact) mass is 404 g/mol. The van der Waals surface area contributed by atoms with Gasteiger partial charge in [0.1, 0.15) is 17.1 Å². The predicted octanol–water partition coefficient (Wildman–Crippen LogP) is 7.35. The van der Waals surface area contributed by atoms with Crippen molar-refractivity contribution in [2.75, 3.05) is 0 Å². The van der Waals surface area contributed by atoms with E-state index in [1.807, 2.05) is 6.07 Å². The highest BCUT2D eigenvalue weighted by atomic mass is 16.5. The van der Waals surface area contributed by atoms with Crippen molar-refractivity contribution >= 4 is 0 Å². The average Bonchev–Trinajstić information content (AvgIpc) is 2.72. The molecule has 2 heteroatoms. The molecule has 2 aromatic rings. The number of benzene rings is 2. The summed E-state index contributed by atoms with van der Waals surface area (Å²) in [6, 6.07) is 14.9. The van der Waals surface area contributed by atoms with E-state index in [0.717, 1.165) is 49.8 Å². The molecule has 0 saturated heterocycles. The van der Waals surface area contributed by atoms with E-state index in [1.165, 1.54) is 29.5 Å². The largest absolute Gasteiger partial charge is 0.508 e. The number of unbranched alkanes of at least 4 members (excludes halogenated alkanes) is 2. The maximum atomic E-state index is 11.0. The first-order valence-corrected chi connectivity index (χ1v) is 11.7. The third-order valence-electron chi connectivity index (χ3n) is 7.09. The highest BCUT2D eigenvalue weighted by molar-refractivity contribution is 5.52. The zero-order valence-corrected chi connectivity index (χ0v) is 18.8. The molecule has 0 fully saturated rings. The number of phenolic OH excluding ortho intramolecular Hbond substituents is 1. The Morgan fingerprint density at radius 2 is 1.80 bits per heavy atom. The van der Waals surface area contributed by atoms with Gasteiger partial charge in [-0.25, -0.2) is 0 Å². The van der Waals surface area contributed by atoms with Gasteiger partial charge in [0.05, 0.1) is 0 Å². The van der Waals surface area contributed by atoms with E-state index in [1.54, 1.807) is 0 Å². The second kappa shape index (κ2) is 8.88. The summed E-state index contributed by atoms with van der Waals surface area (Å²) < 4.78 is 6.49. The highest BCUT2D eigenvalue weighted by Gasteiger charge is 2.45. The Hall–Kier alpha value is -2.22. The molecule has 30 heavy (non-hydrogen) atoms. The summed E-state index contributed by atoms with van der Waals surface area (Å²) in [4.78, 5) is 0. The van der Waals surface area contributed by atoms with Crippen LogP contribution >= 0.6 is 0 Å². The van der Waals surface area contributed by atoms with Crippen LogP contribution < -0.4 is 4.74 Å². The molecule has 1 heterocycles. The van der Waals surface area contributed by atoms with Gasteiger partial charge in [-0.05, 0) is 75.6 Å². The van der Waals surface area contributed by atoms with Crippen molar-refractivity contribution in [3.63, 3.8) is 0 Å². The zero-order valence-electron chi connectivity index (χ0n) is 18.8. The number of fused-ring (bicyclic) bond motifs is 3. The smallest absolute Gasteiger partial charge is 0.127 e. The first-order valence-electron chi connectivity index (χ1n) is 11.7. The highest BCUT2D eigenvalue weighted by Crippen LogP contribution is 2.54. The van der Waals surface area contributed by atoms with Crippen LogP contribution in [0.4, 0.5) is 0 Å². The molecule has 1 aliphatic carbocycles. The number of hydrogen-bond acceptors (Lipinski definition) is 2. The third kappa shape index (κ3) is 4.43. The first kappa shape index (κ1) is 21.0. The number of hydrogen-bond donors (Lipinski definition) is 1. The first-order chi connectivity index (χ1) is 14.5. The van der Waals surface area contributed by atoms with E-state index in [0.29, 0.717) is 17.6 Å². The third-order valence-corrected chi connectivity index (χ3v) is 7.09. The molecule has 1 unspecified atom stereocenters. The van der Waals surface area contributed by atoms with Gasteiger partial charge in [0, 0.05) is 17.4 Å². The summed E-state index contributed by atoms with van der Waals surface area (Å²) in [5.41, 5.74) is 4.95. The average molecular weight is 405 g/mol.